The number of Topliss-reactive ketones (excluding diaryl/α,β-unsaturated/α-hetero) is 2. The molecule has 4 saturated carbocycles. The summed E-state index contributed by atoms with van der Waals surface area (Å²) in [5.41, 5.74) is 7.26. The van der Waals surface area contributed by atoms with Crippen LogP contribution in [0.15, 0.2) is 16.8 Å². The van der Waals surface area contributed by atoms with Gasteiger partial charge in [-0.2, -0.15) is 0 Å². The van der Waals surface area contributed by atoms with Crippen molar-refractivity contribution >= 4 is 17.8 Å². The van der Waals surface area contributed by atoms with Gasteiger partial charge in [0, 0.05) is 43.6 Å². The number of aliphatic imine (C=N–C) groups is 1. The zero-order chi connectivity index (χ0) is 42.4. The van der Waals surface area contributed by atoms with Crippen molar-refractivity contribution in [1.29, 1.82) is 0 Å². The first-order valence-electron chi connectivity index (χ1n) is 25.2. The number of piperidine rings is 1. The summed E-state index contributed by atoms with van der Waals surface area (Å²) in [4.78, 5) is 34.0. The van der Waals surface area contributed by atoms with Crippen LogP contribution in [0.3, 0.4) is 0 Å². The number of fused-ring (bicyclic) bond motifs is 2. The summed E-state index contributed by atoms with van der Waals surface area (Å²) < 4.78 is 5.80. The minimum atomic E-state index is -0.553. The predicted molar refractivity (Wildman–Crippen MR) is 239 cm³/mol. The van der Waals surface area contributed by atoms with Gasteiger partial charge in [-0.05, 0) is 139 Å². The molecule has 8 heteroatoms. The number of carbonyl (C=O) groups is 2. The molecule has 6 N–H and O–H groups in total. The maximum Gasteiger partial charge on any atom is 0.183 e. The second-order valence-electron chi connectivity index (χ2n) is 21.6. The summed E-state index contributed by atoms with van der Waals surface area (Å²) in [7, 11) is 1.70. The number of nitrogens with zero attached hydrogens (tertiary/aromatic N) is 1. The standard InChI is InChI=1S/C52H82N3O5/c1-5-12-43(51(59)52(20-10-7-11-21-52)49-29-40(32-55-49)33(2)3)39-25-35(23-34-19-22-54-50(53)26-34)24-37-16-18-42(36-13-8-6-9-14-36)44-31-47(58)48(60-4)28-38(44)15-17-41(56)30-46(57)45(37)27-39/h29,32-39,42-45,47-48,50-51,54,58-59H,5-15,17,19-28,30-31,53H2,1-4H3/q+1/p+1/t34?,35-,37-,38?,39+,42-,43+,44?,45-,47?,48?,50?,51+/m1/s1. The van der Waals surface area contributed by atoms with Crippen LogP contribution in [0, 0.1) is 88.3 Å². The van der Waals surface area contributed by atoms with Crippen molar-refractivity contribution in [3.8, 4) is 11.8 Å². The Morgan fingerprint density at radius 3 is 2.42 bits per heavy atom. The Kier molecular flexibility index (Phi) is 16.2. The zero-order valence-corrected chi connectivity index (χ0v) is 38.0. The number of carbonyl (C=O) groups excluding carboxylic acids is 2. The third kappa shape index (κ3) is 10.7. The number of rotatable bonds is 11. The SMILES string of the molecule is CCC[C@@H]([C@H]1C[C@H](CC2CC[NH2+]C(N)C2)C[C@H]2C#C[C@H](C3CCCCC3)C3CC(O)C(OC)CC3CCC(=O)CC(=O)[C@@H]2C1)[C@H](O)C1(C2=C[C+](C(C)C)C=N2)CCCCC1. The van der Waals surface area contributed by atoms with Crippen LogP contribution in [0.2, 0.25) is 0 Å². The fraction of sp³-hybridized carbons (Fsp3) is 0.846. The maximum atomic E-state index is 14.9. The molecule has 0 spiro atoms. The van der Waals surface area contributed by atoms with Crippen LogP contribution < -0.4 is 11.1 Å². The van der Waals surface area contributed by atoms with Gasteiger partial charge in [-0.3, -0.25) is 15.3 Å². The summed E-state index contributed by atoms with van der Waals surface area (Å²) in [6.45, 7) is 7.76. The lowest BCUT2D eigenvalue weighted by Crippen LogP contribution is -2.94. The second kappa shape index (κ2) is 21.1. The maximum absolute atomic E-state index is 14.9. The van der Waals surface area contributed by atoms with Gasteiger partial charge in [0.2, 0.25) is 0 Å². The number of methoxy groups -OCH3 is 1. The Balaban J connectivity index is 1.28. The number of nitrogens with two attached hydrogens (primary N) is 2. The number of quaternary nitrogens is 1. The second-order valence-corrected chi connectivity index (χ2v) is 21.6. The summed E-state index contributed by atoms with van der Waals surface area (Å²) in [5, 5.41) is 26.8. The fourth-order valence-corrected chi connectivity index (χ4v) is 14.1. The lowest BCUT2D eigenvalue weighted by atomic mass is 9.61. The van der Waals surface area contributed by atoms with Crippen molar-refractivity contribution in [2.75, 3.05) is 13.7 Å². The number of hydrogen-bond acceptors (Lipinski definition) is 7. The third-order valence-electron chi connectivity index (χ3n) is 17.4. The van der Waals surface area contributed by atoms with Crippen LogP contribution in [0.4, 0.5) is 0 Å². The van der Waals surface area contributed by atoms with Crippen molar-refractivity contribution in [3.05, 3.63) is 17.7 Å². The lowest BCUT2D eigenvalue weighted by Gasteiger charge is -2.44. The minimum absolute atomic E-state index is 0.0202. The van der Waals surface area contributed by atoms with Gasteiger partial charge in [-0.1, -0.05) is 63.7 Å². The van der Waals surface area contributed by atoms with Crippen molar-refractivity contribution in [2.45, 2.75) is 193 Å². The highest BCUT2D eigenvalue weighted by Gasteiger charge is 2.54. The molecule has 0 aromatic heterocycles. The molecule has 0 aromatic carbocycles. The average molecular weight is 830 g/mol. The monoisotopic (exact) mass is 830 g/mol. The first-order chi connectivity index (χ1) is 29.0. The molecule has 13 atom stereocenters. The van der Waals surface area contributed by atoms with E-state index >= 15 is 0 Å². The molecule has 334 valence electrons. The molecule has 5 fully saturated rings. The number of aliphatic hydroxyl groups is 2. The molecule has 2 heterocycles. The Labute approximate surface area is 363 Å². The predicted octanol–water partition coefficient (Wildman–Crippen LogP) is 8.13. The molecule has 8 nitrogen and oxygen atoms in total. The van der Waals surface area contributed by atoms with Crippen molar-refractivity contribution in [1.82, 2.24) is 0 Å². The van der Waals surface area contributed by atoms with Crippen molar-refractivity contribution in [3.63, 3.8) is 0 Å². The largest absolute Gasteiger partial charge is 0.390 e. The van der Waals surface area contributed by atoms with Gasteiger partial charge in [0.1, 0.15) is 41.4 Å². The first-order valence-corrected chi connectivity index (χ1v) is 25.2. The van der Waals surface area contributed by atoms with E-state index < -0.39 is 12.2 Å². The molecular weight excluding hydrogens is 747 g/mol. The summed E-state index contributed by atoms with van der Waals surface area (Å²) in [6, 6.07) is 0. The highest BCUT2D eigenvalue weighted by Crippen LogP contribution is 2.54. The van der Waals surface area contributed by atoms with Crippen LogP contribution >= 0.6 is 0 Å². The van der Waals surface area contributed by atoms with Crippen LogP contribution in [0.1, 0.15) is 168 Å². The van der Waals surface area contributed by atoms with Crippen LogP contribution in [0.5, 0.6) is 0 Å². The van der Waals surface area contributed by atoms with Crippen LogP contribution in [-0.2, 0) is 14.3 Å². The minimum Gasteiger partial charge on any atom is -0.390 e. The first kappa shape index (κ1) is 46.0. The van der Waals surface area contributed by atoms with Gasteiger partial charge in [0.05, 0.1) is 31.3 Å². The Bertz CT molecular complexity index is 1550. The number of hydrogen-bond donors (Lipinski definition) is 4. The van der Waals surface area contributed by atoms with Crippen LogP contribution in [0.25, 0.3) is 0 Å². The van der Waals surface area contributed by atoms with Gasteiger partial charge in [-0.25, -0.2) is 0 Å². The summed E-state index contributed by atoms with van der Waals surface area (Å²) in [6.07, 6.45) is 24.7. The molecule has 0 aromatic rings. The normalized spacial score (nSPS) is 38.0. The Morgan fingerprint density at radius 2 is 1.72 bits per heavy atom. The van der Waals surface area contributed by atoms with E-state index in [1.54, 1.807) is 7.11 Å². The molecule has 7 rings (SSSR count). The average Bonchev–Trinajstić information content (AvgIpc) is 3.69. The van der Waals surface area contributed by atoms with E-state index in [1.165, 1.54) is 31.6 Å². The van der Waals surface area contributed by atoms with Gasteiger partial charge in [0.25, 0.3) is 0 Å². The molecule has 7 aliphatic rings. The zero-order valence-electron chi connectivity index (χ0n) is 38.0. The molecule has 1 saturated heterocycles. The van der Waals surface area contributed by atoms with Gasteiger partial charge >= 0.3 is 0 Å². The summed E-state index contributed by atoms with van der Waals surface area (Å²) in [5.74, 6) is 11.4. The molecule has 0 amide bonds. The van der Waals surface area contributed by atoms with E-state index in [0.29, 0.717) is 42.9 Å². The van der Waals surface area contributed by atoms with E-state index in [2.05, 4.69) is 44.0 Å². The Hall–Kier alpha value is -2.02. The highest BCUT2D eigenvalue weighted by atomic mass is 16.5. The van der Waals surface area contributed by atoms with E-state index in [4.69, 9.17) is 15.5 Å². The fourth-order valence-electron chi connectivity index (χ4n) is 14.1. The Morgan fingerprint density at radius 1 is 0.950 bits per heavy atom. The molecule has 0 radical (unpaired) electrons. The smallest absolute Gasteiger partial charge is 0.183 e. The number of allylic oxidation sites excluding steroid dienone is 1. The van der Waals surface area contributed by atoms with Gasteiger partial charge in [-0.15, -0.1) is 4.99 Å². The molecule has 60 heavy (non-hydrogen) atoms. The van der Waals surface area contributed by atoms with Gasteiger partial charge in [0.15, 0.2) is 5.70 Å². The third-order valence-corrected chi connectivity index (χ3v) is 17.4. The number of aliphatic hydroxyl groups excluding tert-OH is 2. The molecular formula is C52H83N3O5+2. The van der Waals surface area contributed by atoms with Crippen LogP contribution in [-0.4, -0.2) is 66.1 Å². The quantitative estimate of drug-likeness (QED) is 0.0943. The van der Waals surface area contributed by atoms with Crippen molar-refractivity contribution < 1.29 is 29.9 Å². The highest BCUT2D eigenvalue weighted by molar-refractivity contribution is 6.00. The lowest BCUT2D eigenvalue weighted by molar-refractivity contribution is -0.699. The van der Waals surface area contributed by atoms with Crippen molar-refractivity contribution in [2.24, 2.45) is 81.2 Å². The molecule has 6 unspecified atom stereocenters. The molecule has 2 aliphatic heterocycles. The number of ketones is 2. The topological polar surface area (TPSA) is 139 Å². The van der Waals surface area contributed by atoms with E-state index in [0.717, 1.165) is 109 Å². The molecule has 5 aliphatic carbocycles. The number of ether oxygens (including phenoxy) is 1. The van der Waals surface area contributed by atoms with E-state index in [-0.39, 0.29) is 77.1 Å². The molecule has 0 bridgehead atoms. The van der Waals surface area contributed by atoms with E-state index in [9.17, 15) is 19.8 Å². The summed E-state index contributed by atoms with van der Waals surface area (Å²) >= 11 is 0. The van der Waals surface area contributed by atoms with Gasteiger partial charge < -0.3 is 20.3 Å². The van der Waals surface area contributed by atoms with E-state index in [1.807, 2.05) is 6.21 Å².